The molecule has 15 heavy (non-hydrogen) atoms. The van der Waals surface area contributed by atoms with Gasteiger partial charge in [0.1, 0.15) is 0 Å². The van der Waals surface area contributed by atoms with Crippen molar-refractivity contribution in [1.29, 1.82) is 0 Å². The molecular weight excluding hydrogens is 186 g/mol. The number of nitrogens with two attached hydrogens (primary N) is 1. The molecule has 0 spiro atoms. The lowest BCUT2D eigenvalue weighted by Crippen LogP contribution is -2.30. The number of hydrogen-bond donors (Lipinski definition) is 2. The molecule has 0 saturated heterocycles. The molecule has 2 aliphatic rings. The van der Waals surface area contributed by atoms with Gasteiger partial charge in [-0.1, -0.05) is 19.3 Å². The van der Waals surface area contributed by atoms with E-state index in [-0.39, 0.29) is 0 Å². The van der Waals surface area contributed by atoms with E-state index < -0.39 is 0 Å². The zero-order chi connectivity index (χ0) is 10.7. The van der Waals surface area contributed by atoms with E-state index in [0.717, 1.165) is 24.7 Å². The smallest absolute Gasteiger partial charge is 0.0459 e. The Kier molecular flexibility index (Phi) is 4.04. The molecule has 0 heterocycles. The minimum absolute atomic E-state index is 0.363. The summed E-state index contributed by atoms with van der Waals surface area (Å²) >= 11 is 0. The molecule has 2 heteroatoms. The summed E-state index contributed by atoms with van der Waals surface area (Å²) in [5, 5.41) is 9.26. The van der Waals surface area contributed by atoms with Gasteiger partial charge in [0.15, 0.2) is 0 Å². The van der Waals surface area contributed by atoms with Gasteiger partial charge in [-0.15, -0.1) is 0 Å². The number of fused-ring (bicyclic) bond motifs is 2. The molecule has 4 atom stereocenters. The Morgan fingerprint density at radius 1 is 1.00 bits per heavy atom. The van der Waals surface area contributed by atoms with Gasteiger partial charge in [0.2, 0.25) is 0 Å². The predicted molar refractivity (Wildman–Crippen MR) is 62.5 cm³/mol. The first-order chi connectivity index (χ1) is 7.29. The molecule has 88 valence electrons. The highest BCUT2D eigenvalue weighted by Crippen LogP contribution is 2.38. The third-order valence-corrected chi connectivity index (χ3v) is 4.58. The highest BCUT2D eigenvalue weighted by atomic mass is 16.3. The SMILES string of the molecule is N[C@@H]1CC[C@@H](CO)CCC[C@H]2CC[C@@H]1C2. The summed E-state index contributed by atoms with van der Waals surface area (Å²) in [5.74, 6) is 2.25. The van der Waals surface area contributed by atoms with Crippen molar-refractivity contribution < 1.29 is 5.11 Å². The molecule has 0 aromatic heterocycles. The molecule has 2 aliphatic carbocycles. The van der Waals surface area contributed by atoms with Crippen molar-refractivity contribution >= 4 is 0 Å². The summed E-state index contributed by atoms with van der Waals surface area (Å²) in [6.45, 7) is 0.363. The van der Waals surface area contributed by atoms with Gasteiger partial charge in [0.05, 0.1) is 0 Å². The molecule has 2 saturated carbocycles. The highest BCUT2D eigenvalue weighted by Gasteiger charge is 2.30. The molecule has 0 amide bonds. The van der Waals surface area contributed by atoms with Gasteiger partial charge in [0, 0.05) is 12.6 Å². The Morgan fingerprint density at radius 3 is 2.67 bits per heavy atom. The molecule has 2 nitrogen and oxygen atoms in total. The normalized spacial score (nSPS) is 42.8. The van der Waals surface area contributed by atoms with Gasteiger partial charge in [-0.05, 0) is 49.9 Å². The largest absolute Gasteiger partial charge is 0.396 e. The fourth-order valence-electron chi connectivity index (χ4n) is 3.45. The van der Waals surface area contributed by atoms with Gasteiger partial charge >= 0.3 is 0 Å². The van der Waals surface area contributed by atoms with E-state index >= 15 is 0 Å². The van der Waals surface area contributed by atoms with E-state index in [4.69, 9.17) is 5.73 Å². The highest BCUT2D eigenvalue weighted by molar-refractivity contribution is 4.84. The molecule has 0 aliphatic heterocycles. The maximum atomic E-state index is 9.26. The second-order valence-corrected chi connectivity index (χ2v) is 5.66. The summed E-state index contributed by atoms with van der Waals surface area (Å²) in [7, 11) is 0. The van der Waals surface area contributed by atoms with E-state index in [1.807, 2.05) is 0 Å². The monoisotopic (exact) mass is 211 g/mol. The van der Waals surface area contributed by atoms with Crippen molar-refractivity contribution in [1.82, 2.24) is 0 Å². The lowest BCUT2D eigenvalue weighted by molar-refractivity contribution is 0.193. The summed E-state index contributed by atoms with van der Waals surface area (Å²) in [6, 6.07) is 0.405. The van der Waals surface area contributed by atoms with Crippen molar-refractivity contribution in [3.63, 3.8) is 0 Å². The van der Waals surface area contributed by atoms with E-state index in [0.29, 0.717) is 18.6 Å². The van der Waals surface area contributed by atoms with Crippen LogP contribution in [0.2, 0.25) is 0 Å². The number of rotatable bonds is 1. The van der Waals surface area contributed by atoms with Crippen LogP contribution in [0.1, 0.15) is 51.4 Å². The minimum atomic E-state index is 0.363. The maximum Gasteiger partial charge on any atom is 0.0459 e. The average molecular weight is 211 g/mol. The Balaban J connectivity index is 1.92. The summed E-state index contributed by atoms with van der Waals surface area (Å²) in [5.41, 5.74) is 6.24. The standard InChI is InChI=1S/C13H25NO/c14-13-7-5-11(9-15)3-1-2-10-4-6-12(13)8-10/h10-13,15H,1-9,14H2/t10-,11-,12+,13+/m0/s1. The first kappa shape index (κ1) is 11.4. The van der Waals surface area contributed by atoms with Crippen molar-refractivity contribution in [2.24, 2.45) is 23.5 Å². The topological polar surface area (TPSA) is 46.2 Å². The Hall–Kier alpha value is -0.0800. The van der Waals surface area contributed by atoms with E-state index in [9.17, 15) is 5.11 Å². The van der Waals surface area contributed by atoms with Gasteiger partial charge in [-0.3, -0.25) is 0 Å². The third-order valence-electron chi connectivity index (χ3n) is 4.58. The van der Waals surface area contributed by atoms with Crippen LogP contribution in [0, 0.1) is 17.8 Å². The van der Waals surface area contributed by atoms with Crippen LogP contribution in [0.3, 0.4) is 0 Å². The van der Waals surface area contributed by atoms with Crippen LogP contribution in [0.15, 0.2) is 0 Å². The quantitative estimate of drug-likeness (QED) is 0.699. The van der Waals surface area contributed by atoms with Crippen molar-refractivity contribution in [2.75, 3.05) is 6.61 Å². The van der Waals surface area contributed by atoms with Crippen LogP contribution in [-0.4, -0.2) is 17.8 Å². The van der Waals surface area contributed by atoms with Crippen LogP contribution in [0.25, 0.3) is 0 Å². The molecule has 2 fully saturated rings. The van der Waals surface area contributed by atoms with Crippen molar-refractivity contribution in [2.45, 2.75) is 57.4 Å². The molecule has 0 aromatic carbocycles. The Labute approximate surface area is 93.2 Å². The lowest BCUT2D eigenvalue weighted by atomic mass is 9.86. The lowest BCUT2D eigenvalue weighted by Gasteiger charge is -2.24. The maximum absolute atomic E-state index is 9.26. The molecule has 2 bridgehead atoms. The zero-order valence-electron chi connectivity index (χ0n) is 9.70. The van der Waals surface area contributed by atoms with Gasteiger partial charge in [-0.25, -0.2) is 0 Å². The zero-order valence-corrected chi connectivity index (χ0v) is 9.70. The van der Waals surface area contributed by atoms with Gasteiger partial charge in [-0.2, -0.15) is 0 Å². The summed E-state index contributed by atoms with van der Waals surface area (Å²) in [4.78, 5) is 0. The molecule has 2 rings (SSSR count). The number of aliphatic hydroxyl groups excluding tert-OH is 1. The summed E-state index contributed by atoms with van der Waals surface area (Å²) < 4.78 is 0. The van der Waals surface area contributed by atoms with Crippen LogP contribution >= 0.6 is 0 Å². The van der Waals surface area contributed by atoms with E-state index in [1.165, 1.54) is 38.5 Å². The minimum Gasteiger partial charge on any atom is -0.396 e. The fourth-order valence-corrected chi connectivity index (χ4v) is 3.45. The van der Waals surface area contributed by atoms with Gasteiger partial charge < -0.3 is 10.8 Å². The van der Waals surface area contributed by atoms with Crippen LogP contribution in [-0.2, 0) is 0 Å². The van der Waals surface area contributed by atoms with E-state index in [1.54, 1.807) is 0 Å². The van der Waals surface area contributed by atoms with E-state index in [2.05, 4.69) is 0 Å². The molecular formula is C13H25NO. The Bertz CT molecular complexity index is 195. The second kappa shape index (κ2) is 5.31. The summed E-state index contributed by atoms with van der Waals surface area (Å²) in [6.07, 6.45) is 10.3. The number of hydrogen-bond acceptors (Lipinski definition) is 2. The van der Waals surface area contributed by atoms with Crippen molar-refractivity contribution in [3.8, 4) is 0 Å². The van der Waals surface area contributed by atoms with Crippen LogP contribution < -0.4 is 5.73 Å². The molecule has 3 N–H and O–H groups in total. The average Bonchev–Trinajstić information content (AvgIpc) is 2.70. The first-order valence-electron chi connectivity index (χ1n) is 6.66. The molecule has 0 aromatic rings. The van der Waals surface area contributed by atoms with Crippen LogP contribution in [0.5, 0.6) is 0 Å². The predicted octanol–water partition coefficient (Wildman–Crippen LogP) is 2.30. The fraction of sp³-hybridized carbons (Fsp3) is 1.00. The first-order valence-corrected chi connectivity index (χ1v) is 6.66. The second-order valence-electron chi connectivity index (χ2n) is 5.66. The van der Waals surface area contributed by atoms with Crippen molar-refractivity contribution in [3.05, 3.63) is 0 Å². The van der Waals surface area contributed by atoms with Crippen LogP contribution in [0.4, 0.5) is 0 Å². The molecule has 0 unspecified atom stereocenters. The molecule has 0 radical (unpaired) electrons. The third kappa shape index (κ3) is 2.94. The number of aliphatic hydroxyl groups is 1. The van der Waals surface area contributed by atoms with Gasteiger partial charge in [0.25, 0.3) is 0 Å². The Morgan fingerprint density at radius 2 is 1.87 bits per heavy atom.